The number of benzene rings is 2. The smallest absolute Gasteiger partial charge is 0.226 e. The number of rotatable bonds is 9. The molecular weight excluding hydrogens is 306 g/mol. The van der Waals surface area contributed by atoms with Crippen LogP contribution in [-0.4, -0.2) is 10.8 Å². The monoisotopic (exact) mass is 333 g/mol. The van der Waals surface area contributed by atoms with E-state index in [0.717, 1.165) is 18.8 Å². The minimum atomic E-state index is 0.0671. The maximum absolute atomic E-state index is 13.3. The molecule has 0 aliphatic heterocycles. The molecule has 0 bridgehead atoms. The van der Waals surface area contributed by atoms with Crippen molar-refractivity contribution in [2.75, 3.05) is 0 Å². The van der Waals surface area contributed by atoms with E-state index >= 15 is 0 Å². The van der Waals surface area contributed by atoms with Gasteiger partial charge in [0.1, 0.15) is 0 Å². The summed E-state index contributed by atoms with van der Waals surface area (Å²) in [5.74, 6) is 1.07. The predicted octanol–water partition coefficient (Wildman–Crippen LogP) is 5.21. The van der Waals surface area contributed by atoms with E-state index in [1.54, 1.807) is 0 Å². The first-order valence-electron chi connectivity index (χ1n) is 9.24. The summed E-state index contributed by atoms with van der Waals surface area (Å²) in [5, 5.41) is 0. The van der Waals surface area contributed by atoms with Gasteiger partial charge in [-0.3, -0.25) is 4.79 Å². The predicted molar refractivity (Wildman–Crippen MR) is 103 cm³/mol. The molecule has 25 heavy (non-hydrogen) atoms. The van der Waals surface area contributed by atoms with Crippen molar-refractivity contribution in [3.05, 3.63) is 84.4 Å². The van der Waals surface area contributed by atoms with Crippen LogP contribution in [0.25, 0.3) is 0 Å². The van der Waals surface area contributed by atoms with Gasteiger partial charge in [-0.1, -0.05) is 79.6 Å². The van der Waals surface area contributed by atoms with Gasteiger partial charge in [0.05, 0.1) is 0 Å². The van der Waals surface area contributed by atoms with Crippen LogP contribution in [0.5, 0.6) is 0 Å². The molecular formula is C23H27NO. The van der Waals surface area contributed by atoms with Gasteiger partial charge in [-0.25, -0.2) is 0 Å². The van der Waals surface area contributed by atoms with Crippen LogP contribution in [0, 0.1) is 11.8 Å². The van der Waals surface area contributed by atoms with Crippen molar-refractivity contribution >= 4 is 5.91 Å². The van der Waals surface area contributed by atoms with Crippen molar-refractivity contribution in [2.24, 2.45) is 11.8 Å². The number of nitrogens with zero attached hydrogens (tertiary/aromatic N) is 1. The van der Waals surface area contributed by atoms with E-state index in [-0.39, 0.29) is 11.8 Å². The summed E-state index contributed by atoms with van der Waals surface area (Å²) in [7, 11) is 0. The summed E-state index contributed by atoms with van der Waals surface area (Å²) >= 11 is 0. The van der Waals surface area contributed by atoms with E-state index in [0.29, 0.717) is 13.1 Å². The summed E-state index contributed by atoms with van der Waals surface area (Å²) in [6.07, 6.45) is 6.23. The molecule has 1 atom stereocenters. The summed E-state index contributed by atoms with van der Waals surface area (Å²) < 4.78 is 0. The highest BCUT2D eigenvalue weighted by Crippen LogP contribution is 2.37. The number of allylic oxidation sites excluding steroid dienone is 1. The number of amides is 1. The lowest BCUT2D eigenvalue weighted by Gasteiger charge is -2.27. The topological polar surface area (TPSA) is 20.3 Å². The lowest BCUT2D eigenvalue weighted by Crippen LogP contribution is -2.35. The lowest BCUT2D eigenvalue weighted by molar-refractivity contribution is -0.137. The molecule has 3 rings (SSSR count). The van der Waals surface area contributed by atoms with Gasteiger partial charge in [0.2, 0.25) is 5.91 Å². The molecule has 2 nitrogen and oxygen atoms in total. The van der Waals surface area contributed by atoms with Crippen LogP contribution in [0.2, 0.25) is 0 Å². The van der Waals surface area contributed by atoms with Crippen LogP contribution in [0.4, 0.5) is 0 Å². The second kappa shape index (κ2) is 8.66. The van der Waals surface area contributed by atoms with Crippen molar-refractivity contribution in [2.45, 2.75) is 38.8 Å². The van der Waals surface area contributed by atoms with Gasteiger partial charge in [0, 0.05) is 19.0 Å². The fourth-order valence-corrected chi connectivity index (χ4v) is 3.33. The highest BCUT2D eigenvalue weighted by Gasteiger charge is 2.31. The van der Waals surface area contributed by atoms with Crippen molar-refractivity contribution in [3.63, 3.8) is 0 Å². The number of hydrogen-bond acceptors (Lipinski definition) is 1. The first-order chi connectivity index (χ1) is 12.3. The van der Waals surface area contributed by atoms with Crippen LogP contribution in [0.15, 0.2) is 73.3 Å². The fraction of sp³-hybridized carbons (Fsp3) is 0.348. The average Bonchev–Trinajstić information content (AvgIpc) is 3.46. The Balaban J connectivity index is 1.77. The zero-order valence-electron chi connectivity index (χ0n) is 14.8. The zero-order valence-corrected chi connectivity index (χ0v) is 14.8. The Bertz CT molecular complexity index is 634. The Morgan fingerprint density at radius 2 is 1.52 bits per heavy atom. The van der Waals surface area contributed by atoms with Crippen LogP contribution in [-0.2, 0) is 17.9 Å². The van der Waals surface area contributed by atoms with E-state index in [1.807, 2.05) is 47.4 Å². The quantitative estimate of drug-likeness (QED) is 0.577. The number of carbonyl (C=O) groups excluding carboxylic acids is 1. The third-order valence-electron chi connectivity index (χ3n) is 4.86. The van der Waals surface area contributed by atoms with Gasteiger partial charge >= 0.3 is 0 Å². The third-order valence-corrected chi connectivity index (χ3v) is 4.86. The Morgan fingerprint density at radius 1 is 1.00 bits per heavy atom. The molecule has 2 aromatic carbocycles. The molecule has 2 heteroatoms. The van der Waals surface area contributed by atoms with E-state index in [2.05, 4.69) is 30.8 Å². The number of hydrogen-bond donors (Lipinski definition) is 0. The summed E-state index contributed by atoms with van der Waals surface area (Å²) in [6.45, 7) is 5.19. The fourth-order valence-electron chi connectivity index (χ4n) is 3.33. The molecule has 1 aliphatic rings. The van der Waals surface area contributed by atoms with Gasteiger partial charge in [0.15, 0.2) is 0 Å². The highest BCUT2D eigenvalue weighted by molar-refractivity contribution is 5.79. The van der Waals surface area contributed by atoms with Crippen LogP contribution in [0.1, 0.15) is 36.8 Å². The molecule has 1 amide bonds. The minimum absolute atomic E-state index is 0.0671. The molecule has 0 spiro atoms. The molecule has 1 aliphatic carbocycles. The molecule has 0 heterocycles. The van der Waals surface area contributed by atoms with Gasteiger partial charge in [0.25, 0.3) is 0 Å². The highest BCUT2D eigenvalue weighted by atomic mass is 16.2. The van der Waals surface area contributed by atoms with Gasteiger partial charge in [-0.2, -0.15) is 0 Å². The van der Waals surface area contributed by atoms with Crippen molar-refractivity contribution in [1.82, 2.24) is 4.90 Å². The van der Waals surface area contributed by atoms with E-state index in [4.69, 9.17) is 0 Å². The maximum atomic E-state index is 13.3. The van der Waals surface area contributed by atoms with Gasteiger partial charge in [-0.15, -0.1) is 6.58 Å². The standard InChI is InChI=1S/C23H27NO/c1-2-9-22(16-19-14-15-19)23(25)24(17-20-10-5-3-6-11-20)18-21-12-7-4-8-13-21/h2-8,10-13,19,22H,1,9,14-18H2/t22-/m0/s1. The van der Waals surface area contributed by atoms with E-state index < -0.39 is 0 Å². The van der Waals surface area contributed by atoms with Crippen LogP contribution >= 0.6 is 0 Å². The SMILES string of the molecule is C=CC[C@@H](CC1CC1)C(=O)N(Cc1ccccc1)Cc1ccccc1. The van der Waals surface area contributed by atoms with Gasteiger partial charge < -0.3 is 4.90 Å². The molecule has 2 aromatic rings. The molecule has 130 valence electrons. The second-order valence-corrected chi connectivity index (χ2v) is 7.07. The lowest BCUT2D eigenvalue weighted by atomic mass is 9.96. The van der Waals surface area contributed by atoms with Crippen LogP contribution < -0.4 is 0 Å². The van der Waals surface area contributed by atoms with Crippen molar-refractivity contribution in [3.8, 4) is 0 Å². The molecule has 1 saturated carbocycles. The Kier molecular flexibility index (Phi) is 6.05. The third kappa shape index (κ3) is 5.32. The molecule has 0 N–H and O–H groups in total. The summed E-state index contributed by atoms with van der Waals surface area (Å²) in [6, 6.07) is 20.5. The first-order valence-corrected chi connectivity index (χ1v) is 9.24. The minimum Gasteiger partial charge on any atom is -0.334 e. The van der Waals surface area contributed by atoms with E-state index in [9.17, 15) is 4.79 Å². The number of carbonyl (C=O) groups is 1. The molecule has 1 fully saturated rings. The first kappa shape index (κ1) is 17.5. The molecule has 0 radical (unpaired) electrons. The summed E-state index contributed by atoms with van der Waals surface area (Å²) in [4.78, 5) is 15.3. The molecule has 0 saturated heterocycles. The largest absolute Gasteiger partial charge is 0.334 e. The average molecular weight is 333 g/mol. The van der Waals surface area contributed by atoms with Crippen LogP contribution in [0.3, 0.4) is 0 Å². The summed E-state index contributed by atoms with van der Waals surface area (Å²) in [5.41, 5.74) is 2.35. The molecule has 0 aromatic heterocycles. The van der Waals surface area contributed by atoms with Crippen molar-refractivity contribution in [1.29, 1.82) is 0 Å². The normalized spacial score (nSPS) is 14.7. The van der Waals surface area contributed by atoms with E-state index in [1.165, 1.54) is 24.0 Å². The zero-order chi connectivity index (χ0) is 17.5. The van der Waals surface area contributed by atoms with Gasteiger partial charge in [-0.05, 0) is 29.9 Å². The van der Waals surface area contributed by atoms with Crippen molar-refractivity contribution < 1.29 is 4.79 Å². The Morgan fingerprint density at radius 3 is 1.96 bits per heavy atom. The molecule has 0 unspecified atom stereocenters. The second-order valence-electron chi connectivity index (χ2n) is 7.07. The Labute approximate surface area is 151 Å². The Hall–Kier alpha value is -2.35. The maximum Gasteiger partial charge on any atom is 0.226 e.